The van der Waals surface area contributed by atoms with Crippen molar-refractivity contribution in [1.29, 1.82) is 0 Å². The van der Waals surface area contributed by atoms with Crippen LogP contribution in [0, 0.1) is 5.92 Å². The summed E-state index contributed by atoms with van der Waals surface area (Å²) < 4.78 is 32.5. The van der Waals surface area contributed by atoms with Gasteiger partial charge in [-0.15, -0.1) is 0 Å². The molecule has 0 bridgehead atoms. The summed E-state index contributed by atoms with van der Waals surface area (Å²) in [6.07, 6.45) is -1.08. The SMILES string of the molecule is CC(CCP(=O)(O)O)CC(P(=O)(O)O)P(=O)(O)O. The second-order valence-electron chi connectivity index (χ2n) is 4.18. The van der Waals surface area contributed by atoms with Gasteiger partial charge in [-0.1, -0.05) is 6.92 Å². The highest BCUT2D eigenvalue weighted by atomic mass is 31.2. The average Bonchev–Trinajstić information content (AvgIpc) is 2.05. The van der Waals surface area contributed by atoms with Gasteiger partial charge >= 0.3 is 22.8 Å². The van der Waals surface area contributed by atoms with Crippen molar-refractivity contribution in [3.63, 3.8) is 0 Å². The smallest absolute Gasteiger partial charge is 0.324 e. The summed E-state index contributed by atoms with van der Waals surface area (Å²) in [7, 11) is -14.2. The van der Waals surface area contributed by atoms with E-state index in [9.17, 15) is 13.7 Å². The van der Waals surface area contributed by atoms with Crippen LogP contribution in [0.3, 0.4) is 0 Å². The minimum atomic E-state index is -4.97. The maximum Gasteiger partial charge on any atom is 0.340 e. The van der Waals surface area contributed by atoms with E-state index in [4.69, 9.17) is 29.4 Å². The Labute approximate surface area is 104 Å². The monoisotopic (exact) mass is 326 g/mol. The Hall–Kier alpha value is 0.450. The summed E-state index contributed by atoms with van der Waals surface area (Å²) in [6.45, 7) is 1.41. The molecule has 110 valence electrons. The molecule has 0 aromatic rings. The number of hydrogen-bond donors (Lipinski definition) is 6. The number of hydrogen-bond acceptors (Lipinski definition) is 3. The zero-order chi connectivity index (χ0) is 14.8. The van der Waals surface area contributed by atoms with E-state index >= 15 is 0 Å². The Morgan fingerprint density at radius 3 is 1.56 bits per heavy atom. The first-order valence-electron chi connectivity index (χ1n) is 4.88. The van der Waals surface area contributed by atoms with Crippen molar-refractivity contribution in [1.82, 2.24) is 0 Å². The average molecular weight is 326 g/mol. The molecule has 0 saturated heterocycles. The van der Waals surface area contributed by atoms with E-state index in [-0.39, 0.29) is 6.42 Å². The molecule has 9 nitrogen and oxygen atoms in total. The van der Waals surface area contributed by atoms with Crippen LogP contribution in [0.5, 0.6) is 0 Å². The van der Waals surface area contributed by atoms with Crippen LogP contribution in [0.2, 0.25) is 0 Å². The zero-order valence-electron chi connectivity index (χ0n) is 9.53. The minimum Gasteiger partial charge on any atom is -0.324 e. The highest BCUT2D eigenvalue weighted by molar-refractivity contribution is 7.70. The van der Waals surface area contributed by atoms with E-state index < -0.39 is 46.7 Å². The van der Waals surface area contributed by atoms with E-state index in [1.807, 2.05) is 0 Å². The lowest BCUT2D eigenvalue weighted by molar-refractivity contribution is 0.325. The molecular formula is C6H17O9P3. The van der Waals surface area contributed by atoms with Crippen molar-refractivity contribution in [2.45, 2.75) is 25.2 Å². The van der Waals surface area contributed by atoms with Crippen LogP contribution in [0.4, 0.5) is 0 Å². The predicted octanol–water partition coefficient (Wildman–Crippen LogP) is 0.262. The van der Waals surface area contributed by atoms with Gasteiger partial charge in [0.05, 0.1) is 6.16 Å². The lowest BCUT2D eigenvalue weighted by Crippen LogP contribution is -2.14. The maximum absolute atomic E-state index is 11.0. The molecule has 1 unspecified atom stereocenters. The van der Waals surface area contributed by atoms with Crippen LogP contribution in [0.15, 0.2) is 0 Å². The molecule has 0 aromatic carbocycles. The Balaban J connectivity index is 4.68. The highest BCUT2D eigenvalue weighted by Crippen LogP contribution is 2.62. The first kappa shape index (κ1) is 18.4. The van der Waals surface area contributed by atoms with Crippen LogP contribution in [-0.2, 0) is 13.7 Å². The zero-order valence-corrected chi connectivity index (χ0v) is 12.2. The Kier molecular flexibility index (Phi) is 6.42. The normalized spacial score (nSPS) is 16.0. The molecule has 0 saturated carbocycles. The molecule has 1 atom stereocenters. The summed E-state index contributed by atoms with van der Waals surface area (Å²) in [5.41, 5.74) is 0. The summed E-state index contributed by atoms with van der Waals surface area (Å²) in [6, 6.07) is 0. The van der Waals surface area contributed by atoms with Crippen molar-refractivity contribution in [3.05, 3.63) is 0 Å². The van der Waals surface area contributed by atoms with Gasteiger partial charge in [0, 0.05) is 0 Å². The van der Waals surface area contributed by atoms with Gasteiger partial charge in [0.1, 0.15) is 0 Å². The van der Waals surface area contributed by atoms with Crippen LogP contribution in [0.25, 0.3) is 0 Å². The van der Waals surface area contributed by atoms with Gasteiger partial charge in [-0.2, -0.15) is 0 Å². The Morgan fingerprint density at radius 1 is 0.889 bits per heavy atom. The molecule has 18 heavy (non-hydrogen) atoms. The first-order chi connectivity index (χ1) is 7.73. The molecular weight excluding hydrogens is 309 g/mol. The fraction of sp³-hybridized carbons (Fsp3) is 1.00. The molecule has 0 fully saturated rings. The highest BCUT2D eigenvalue weighted by Gasteiger charge is 2.43. The third kappa shape index (κ3) is 7.79. The van der Waals surface area contributed by atoms with Gasteiger partial charge in [0.2, 0.25) is 0 Å². The second-order valence-corrected chi connectivity index (χ2v) is 9.96. The summed E-state index contributed by atoms with van der Waals surface area (Å²) in [5.74, 6) is -0.636. The molecule has 0 spiro atoms. The molecule has 0 aliphatic carbocycles. The standard InChI is InChI=1S/C6H17O9P3/c1-5(2-3-16(7,8)9)4-6(17(10,11)12)18(13,14)15/h5-6H,2-4H2,1H3,(H2,7,8,9)(H2,10,11,12)(H2,13,14,15). The maximum atomic E-state index is 11.0. The van der Waals surface area contributed by atoms with E-state index in [0.29, 0.717) is 0 Å². The molecule has 0 radical (unpaired) electrons. The van der Waals surface area contributed by atoms with Crippen molar-refractivity contribution in [2.75, 3.05) is 6.16 Å². The van der Waals surface area contributed by atoms with Crippen molar-refractivity contribution in [2.24, 2.45) is 5.92 Å². The number of rotatable bonds is 7. The first-order valence-corrected chi connectivity index (χ1v) is 10.0. The van der Waals surface area contributed by atoms with Gasteiger partial charge in [-0.25, -0.2) is 0 Å². The molecule has 12 heteroatoms. The molecule has 0 heterocycles. The lowest BCUT2D eigenvalue weighted by Gasteiger charge is -2.22. The van der Waals surface area contributed by atoms with Crippen LogP contribution in [-0.4, -0.2) is 40.9 Å². The van der Waals surface area contributed by atoms with Crippen LogP contribution in [0.1, 0.15) is 19.8 Å². The summed E-state index contributed by atoms with van der Waals surface area (Å²) in [5, 5.41) is -2.13. The molecule has 0 aromatic heterocycles. The van der Waals surface area contributed by atoms with Crippen molar-refractivity contribution < 1.29 is 43.1 Å². The van der Waals surface area contributed by atoms with E-state index in [0.717, 1.165) is 0 Å². The second kappa shape index (κ2) is 6.27. The topological polar surface area (TPSA) is 173 Å². The van der Waals surface area contributed by atoms with Gasteiger partial charge in [0.15, 0.2) is 5.40 Å². The van der Waals surface area contributed by atoms with Crippen molar-refractivity contribution >= 4 is 22.8 Å². The molecule has 6 N–H and O–H groups in total. The fourth-order valence-corrected chi connectivity index (χ4v) is 4.95. The minimum absolute atomic E-state index is 0.0826. The van der Waals surface area contributed by atoms with E-state index in [1.165, 1.54) is 6.92 Å². The van der Waals surface area contributed by atoms with Crippen molar-refractivity contribution in [3.8, 4) is 0 Å². The molecule has 0 aliphatic heterocycles. The van der Waals surface area contributed by atoms with Gasteiger partial charge < -0.3 is 29.4 Å². The van der Waals surface area contributed by atoms with Gasteiger partial charge in [-0.05, 0) is 18.8 Å². The third-order valence-electron chi connectivity index (χ3n) is 2.30. The summed E-state index contributed by atoms with van der Waals surface area (Å²) >= 11 is 0. The lowest BCUT2D eigenvalue weighted by atomic mass is 10.1. The predicted molar refractivity (Wildman–Crippen MR) is 63.2 cm³/mol. The largest absolute Gasteiger partial charge is 0.340 e. The van der Waals surface area contributed by atoms with Crippen LogP contribution < -0.4 is 0 Å². The Morgan fingerprint density at radius 2 is 1.28 bits per heavy atom. The van der Waals surface area contributed by atoms with Crippen LogP contribution >= 0.6 is 22.8 Å². The molecule has 0 aliphatic rings. The quantitative estimate of drug-likeness (QED) is 0.359. The molecule has 0 rings (SSSR count). The summed E-state index contributed by atoms with van der Waals surface area (Å²) in [4.78, 5) is 52.7. The third-order valence-corrected chi connectivity index (χ3v) is 6.92. The van der Waals surface area contributed by atoms with Gasteiger partial charge in [0.25, 0.3) is 0 Å². The van der Waals surface area contributed by atoms with E-state index in [2.05, 4.69) is 0 Å². The van der Waals surface area contributed by atoms with Gasteiger partial charge in [-0.3, -0.25) is 13.7 Å². The Bertz CT molecular complexity index is 381. The molecule has 0 amide bonds. The van der Waals surface area contributed by atoms with E-state index in [1.54, 1.807) is 0 Å². The fourth-order valence-electron chi connectivity index (χ4n) is 1.34.